The Hall–Kier alpha value is -3.29. The zero-order valence-corrected chi connectivity index (χ0v) is 27.5. The third kappa shape index (κ3) is 5.56. The van der Waals surface area contributed by atoms with Crippen LogP contribution in [0.3, 0.4) is 0 Å². The topological polar surface area (TPSA) is 91.3 Å². The number of carbonyl (C=O) groups excluding carboxylic acids is 1. The van der Waals surface area contributed by atoms with Crippen LogP contribution >= 0.6 is 0 Å². The van der Waals surface area contributed by atoms with Crippen molar-refractivity contribution in [2.45, 2.75) is 90.0 Å². The van der Waals surface area contributed by atoms with Gasteiger partial charge in [0.25, 0.3) is 0 Å². The lowest BCUT2D eigenvalue weighted by molar-refractivity contribution is -0.0973. The number of aliphatic hydroxyl groups excluding tert-OH is 1. The molecule has 45 heavy (non-hydrogen) atoms. The number of aliphatic hydroxyl groups is 2. The number of nitrogens with one attached hydrogen (secondary N) is 1. The van der Waals surface area contributed by atoms with Gasteiger partial charge < -0.3 is 29.9 Å². The van der Waals surface area contributed by atoms with E-state index in [2.05, 4.69) is 31.3 Å². The molecule has 0 heterocycles. The number of urea groups is 1. The van der Waals surface area contributed by atoms with Crippen LogP contribution in [0.2, 0.25) is 0 Å². The van der Waals surface area contributed by atoms with Crippen molar-refractivity contribution in [2.24, 2.45) is 22.7 Å². The molecule has 4 aliphatic carbocycles. The Morgan fingerprint density at radius 1 is 1.00 bits per heavy atom. The van der Waals surface area contributed by atoms with Gasteiger partial charge in [0.15, 0.2) is 0 Å². The molecule has 0 radical (unpaired) electrons. The average Bonchev–Trinajstić information content (AvgIpc) is 3.31. The minimum absolute atomic E-state index is 0.0791. The number of carbonyl (C=O) groups is 1. The van der Waals surface area contributed by atoms with Gasteiger partial charge in [0.1, 0.15) is 11.5 Å². The van der Waals surface area contributed by atoms with E-state index in [0.717, 1.165) is 49.7 Å². The zero-order chi connectivity index (χ0) is 32.0. The van der Waals surface area contributed by atoms with Gasteiger partial charge in [-0.3, -0.25) is 0 Å². The average molecular weight is 615 g/mol. The monoisotopic (exact) mass is 614 g/mol. The number of allylic oxidation sites excluding steroid dienone is 3. The fraction of sp³-hybridized carbons (Fsp3) is 0.553. The molecule has 6 rings (SSSR count). The summed E-state index contributed by atoms with van der Waals surface area (Å²) >= 11 is 0. The van der Waals surface area contributed by atoms with Crippen molar-refractivity contribution in [3.8, 4) is 11.5 Å². The Kier molecular flexibility index (Phi) is 8.55. The Morgan fingerprint density at radius 3 is 2.49 bits per heavy atom. The quantitative estimate of drug-likeness (QED) is 0.299. The minimum Gasteiger partial charge on any atom is -0.497 e. The van der Waals surface area contributed by atoms with E-state index >= 15 is 0 Å². The van der Waals surface area contributed by atoms with E-state index in [9.17, 15) is 15.0 Å². The fourth-order valence-corrected chi connectivity index (χ4v) is 9.16. The molecule has 0 aromatic heterocycles. The molecule has 0 spiro atoms. The summed E-state index contributed by atoms with van der Waals surface area (Å²) in [5, 5.41) is 26.3. The fourth-order valence-electron chi connectivity index (χ4n) is 9.16. The number of benzene rings is 2. The van der Waals surface area contributed by atoms with Crippen LogP contribution < -0.4 is 14.8 Å². The van der Waals surface area contributed by atoms with Gasteiger partial charge in [-0.2, -0.15) is 0 Å². The van der Waals surface area contributed by atoms with Gasteiger partial charge in [-0.15, -0.1) is 0 Å². The molecule has 7 unspecified atom stereocenters. The van der Waals surface area contributed by atoms with Crippen molar-refractivity contribution < 1.29 is 24.5 Å². The highest BCUT2D eigenvalue weighted by atomic mass is 16.5. The maximum absolute atomic E-state index is 14.1. The van der Waals surface area contributed by atoms with Crippen molar-refractivity contribution >= 4 is 6.03 Å². The maximum atomic E-state index is 14.1. The predicted molar refractivity (Wildman–Crippen MR) is 176 cm³/mol. The van der Waals surface area contributed by atoms with Crippen LogP contribution in [-0.4, -0.2) is 53.6 Å². The van der Waals surface area contributed by atoms with Crippen molar-refractivity contribution in [2.75, 3.05) is 20.8 Å². The Morgan fingerprint density at radius 2 is 1.76 bits per heavy atom. The second kappa shape index (κ2) is 12.1. The molecule has 3 saturated carbocycles. The van der Waals surface area contributed by atoms with E-state index in [1.165, 1.54) is 11.1 Å². The second-order valence-corrected chi connectivity index (χ2v) is 14.4. The summed E-state index contributed by atoms with van der Waals surface area (Å²) < 4.78 is 11.1. The molecular formula is C38H50N2O5. The van der Waals surface area contributed by atoms with Crippen molar-refractivity contribution in [1.29, 1.82) is 0 Å². The van der Waals surface area contributed by atoms with Gasteiger partial charge in [0.2, 0.25) is 0 Å². The molecule has 3 fully saturated rings. The first kappa shape index (κ1) is 31.7. The van der Waals surface area contributed by atoms with E-state index < -0.39 is 5.60 Å². The molecule has 0 saturated heterocycles. The molecule has 0 bridgehead atoms. The van der Waals surface area contributed by atoms with Gasteiger partial charge in [-0.05, 0) is 86.8 Å². The van der Waals surface area contributed by atoms with E-state index in [1.54, 1.807) is 19.1 Å². The standard InChI is InChI=1S/C38H50N2O5/c1-25(26-9-7-6-8-10-26)39-35(42)40(23-27-11-13-30(44-4)22-34(27)45-5)24-38(43)20-17-33-31-14-12-28-21-29(41)15-18-36(28,2)32(31)16-19-37(33,38)3/h6-14,22,25,29,32-33,41,43H,15-21,23-24H2,1-5H3,(H,39,42). The van der Waals surface area contributed by atoms with E-state index in [-0.39, 0.29) is 41.5 Å². The lowest BCUT2D eigenvalue weighted by atomic mass is 9.50. The highest BCUT2D eigenvalue weighted by molar-refractivity contribution is 5.75. The smallest absolute Gasteiger partial charge is 0.318 e. The van der Waals surface area contributed by atoms with Crippen LogP contribution in [0.15, 0.2) is 71.8 Å². The van der Waals surface area contributed by atoms with E-state index in [1.807, 2.05) is 55.5 Å². The zero-order valence-electron chi connectivity index (χ0n) is 27.5. The van der Waals surface area contributed by atoms with Gasteiger partial charge in [0.05, 0.1) is 45.1 Å². The summed E-state index contributed by atoms with van der Waals surface area (Å²) in [5.41, 5.74) is 3.40. The van der Waals surface area contributed by atoms with Crippen LogP contribution in [0.5, 0.6) is 11.5 Å². The first-order chi connectivity index (χ1) is 21.5. The number of ether oxygens (including phenoxy) is 2. The lowest BCUT2D eigenvalue weighted by Gasteiger charge is -2.56. The molecule has 7 heteroatoms. The number of amides is 2. The molecular weight excluding hydrogens is 564 g/mol. The first-order valence-corrected chi connectivity index (χ1v) is 16.6. The van der Waals surface area contributed by atoms with Gasteiger partial charge in [0, 0.05) is 17.0 Å². The number of methoxy groups -OCH3 is 2. The molecule has 4 aliphatic rings. The predicted octanol–water partition coefficient (Wildman–Crippen LogP) is 6.95. The van der Waals surface area contributed by atoms with Gasteiger partial charge >= 0.3 is 6.03 Å². The van der Waals surface area contributed by atoms with E-state index in [4.69, 9.17) is 9.47 Å². The van der Waals surface area contributed by atoms with Crippen molar-refractivity contribution in [3.63, 3.8) is 0 Å². The van der Waals surface area contributed by atoms with Crippen LogP contribution in [0.25, 0.3) is 0 Å². The van der Waals surface area contributed by atoms with E-state index in [0.29, 0.717) is 30.4 Å². The Balaban J connectivity index is 1.29. The number of hydrogen-bond donors (Lipinski definition) is 3. The molecule has 2 amide bonds. The minimum atomic E-state index is -1.05. The van der Waals surface area contributed by atoms with Crippen LogP contribution in [0.4, 0.5) is 4.79 Å². The van der Waals surface area contributed by atoms with Crippen molar-refractivity contribution in [1.82, 2.24) is 10.2 Å². The molecule has 0 aliphatic heterocycles. The molecule has 2 aromatic rings. The molecule has 7 nitrogen and oxygen atoms in total. The lowest BCUT2D eigenvalue weighted by Crippen LogP contribution is -2.57. The number of fused-ring (bicyclic) bond motifs is 5. The first-order valence-electron chi connectivity index (χ1n) is 16.6. The Bertz CT molecular complexity index is 1470. The highest BCUT2D eigenvalue weighted by Gasteiger charge is 2.62. The largest absolute Gasteiger partial charge is 0.497 e. The summed E-state index contributed by atoms with van der Waals surface area (Å²) in [7, 11) is 3.25. The number of hydrogen-bond acceptors (Lipinski definition) is 5. The second-order valence-electron chi connectivity index (χ2n) is 14.4. The molecule has 3 N–H and O–H groups in total. The van der Waals surface area contributed by atoms with Gasteiger partial charge in [-0.1, -0.05) is 67.5 Å². The third-order valence-corrected chi connectivity index (χ3v) is 12.1. The van der Waals surface area contributed by atoms with Crippen LogP contribution in [0, 0.1) is 22.7 Å². The maximum Gasteiger partial charge on any atom is 0.318 e. The molecule has 7 atom stereocenters. The molecule has 242 valence electrons. The number of rotatable bonds is 8. The highest BCUT2D eigenvalue weighted by Crippen LogP contribution is 2.66. The third-order valence-electron chi connectivity index (χ3n) is 12.1. The normalized spacial score (nSPS) is 32.6. The molecule has 2 aromatic carbocycles. The Labute approximate surface area is 268 Å². The summed E-state index contributed by atoms with van der Waals surface area (Å²) in [6.07, 6.45) is 10.4. The summed E-state index contributed by atoms with van der Waals surface area (Å²) in [5.74, 6) is 2.03. The van der Waals surface area contributed by atoms with Crippen LogP contribution in [-0.2, 0) is 6.54 Å². The van der Waals surface area contributed by atoms with Crippen molar-refractivity contribution in [3.05, 3.63) is 83.0 Å². The summed E-state index contributed by atoms with van der Waals surface area (Å²) in [6, 6.07) is 15.2. The summed E-state index contributed by atoms with van der Waals surface area (Å²) in [6.45, 7) is 7.16. The van der Waals surface area contributed by atoms with Crippen LogP contribution in [0.1, 0.15) is 82.9 Å². The van der Waals surface area contributed by atoms with Gasteiger partial charge in [-0.25, -0.2) is 4.79 Å². The number of nitrogens with zero attached hydrogens (tertiary/aromatic N) is 1. The SMILES string of the molecule is COc1ccc(CN(CC2(O)CCC3C4=CC=C5CC(O)CCC5(C)C4CCC32C)C(=O)NC(C)c2ccccc2)c(OC)c1. The summed E-state index contributed by atoms with van der Waals surface area (Å²) in [4.78, 5) is 15.9.